The first-order valence-corrected chi connectivity index (χ1v) is 26.4. The summed E-state index contributed by atoms with van der Waals surface area (Å²) in [5.41, 5.74) is 7.06. The van der Waals surface area contributed by atoms with Gasteiger partial charge in [-0.25, -0.2) is 0 Å². The summed E-state index contributed by atoms with van der Waals surface area (Å²) >= 11 is 0. The third-order valence-corrected chi connectivity index (χ3v) is 15.9. The van der Waals surface area contributed by atoms with E-state index in [0.717, 1.165) is 34.8 Å². The zero-order valence-corrected chi connectivity index (χ0v) is 39.8. The molecule has 5 heteroatoms. The molecule has 8 aromatic carbocycles. The van der Waals surface area contributed by atoms with Gasteiger partial charge in [0.25, 0.3) is 0 Å². The van der Waals surface area contributed by atoms with E-state index in [1.165, 1.54) is 121 Å². The highest BCUT2D eigenvalue weighted by Crippen LogP contribution is 2.48. The van der Waals surface area contributed by atoms with E-state index >= 15 is 0 Å². The Labute approximate surface area is 398 Å². The zero-order chi connectivity index (χ0) is 45.0. The third-order valence-electron chi connectivity index (χ3n) is 14.3. The lowest BCUT2D eigenvalue weighted by molar-refractivity contribution is 0.370. The molecule has 0 unspecified atom stereocenters. The molecule has 9 aromatic rings. The molecule has 67 heavy (non-hydrogen) atoms. The molecule has 0 radical (unpaired) electrons. The van der Waals surface area contributed by atoms with Gasteiger partial charge in [-0.2, -0.15) is 4.67 Å². The van der Waals surface area contributed by atoms with E-state index in [4.69, 9.17) is 8.39 Å². The molecule has 340 valence electrons. The smallest absolute Gasteiger partial charge is 0.310 e. The highest BCUT2D eigenvalue weighted by molar-refractivity contribution is 7.39. The van der Waals surface area contributed by atoms with Crippen LogP contribution in [0.2, 0.25) is 0 Å². The van der Waals surface area contributed by atoms with Crippen LogP contribution >= 0.6 is 8.16 Å². The monoisotopic (exact) mass is 900 g/mol. The Morgan fingerprint density at radius 3 is 1.21 bits per heavy atom. The van der Waals surface area contributed by atoms with E-state index in [1.807, 2.05) is 0 Å². The minimum atomic E-state index is -1.54. The molecule has 1 N–H and O–H groups in total. The third kappa shape index (κ3) is 10.6. The summed E-state index contributed by atoms with van der Waals surface area (Å²) in [7, 11) is -1.54. The van der Waals surface area contributed by atoms with Crippen molar-refractivity contribution in [1.29, 1.82) is 0 Å². The molecule has 4 nitrogen and oxygen atoms in total. The molecule has 0 saturated heterocycles. The largest absolute Gasteiger partial charge is 0.408 e. The van der Waals surface area contributed by atoms with Gasteiger partial charge in [-0.15, -0.1) is 0 Å². The van der Waals surface area contributed by atoms with Gasteiger partial charge in [-0.1, -0.05) is 246 Å². The lowest BCUT2D eigenvalue weighted by atomic mass is 9.93. The molecule has 0 spiro atoms. The summed E-state index contributed by atoms with van der Waals surface area (Å²) < 4.78 is 17.2. The Hall–Kier alpha value is -5.90. The molecule has 1 aromatic heterocycles. The Balaban J connectivity index is 0.000000200. The van der Waals surface area contributed by atoms with Crippen molar-refractivity contribution in [2.24, 2.45) is 0 Å². The summed E-state index contributed by atoms with van der Waals surface area (Å²) in [5.74, 6) is 0. The van der Waals surface area contributed by atoms with E-state index < -0.39 is 8.16 Å². The van der Waals surface area contributed by atoms with Crippen molar-refractivity contribution in [3.8, 4) is 0 Å². The summed E-state index contributed by atoms with van der Waals surface area (Å²) in [4.78, 5) is 0. The van der Waals surface area contributed by atoms with Crippen molar-refractivity contribution in [3.63, 3.8) is 0 Å². The van der Waals surface area contributed by atoms with Gasteiger partial charge in [0.05, 0.1) is 12.1 Å². The van der Waals surface area contributed by atoms with E-state index in [2.05, 4.69) is 204 Å². The standard InChI is InChI=1S/C41H38NO2P.C21H27N/c1-2-10-22-34(23-11-3-1)42(41(32-18-6-4-7-19-32)33-20-8-5-9-21-33)45-43-37-28-26-30-16-12-14-24-35(30)39(37)40-36-25-15-13-17-31(36)27-29-38(40)44-45;1-2-10-16-20(17-11-3-1)22-21(18-12-6-4-7-13-18)19-14-8-5-9-15-19/h4-9,12-21,24-29,34,41H,1-3,10-11,22-23H2;4-9,12-15,20-22H,1-3,10-11,16-17H2. The maximum absolute atomic E-state index is 7.28. The fourth-order valence-corrected chi connectivity index (χ4v) is 12.7. The minimum absolute atomic E-state index is 0.00569. The molecule has 2 aliphatic carbocycles. The van der Waals surface area contributed by atoms with Gasteiger partial charge in [-0.05, 0) is 81.6 Å². The second-order valence-electron chi connectivity index (χ2n) is 18.8. The van der Waals surface area contributed by atoms with Gasteiger partial charge < -0.3 is 13.7 Å². The fraction of sp³-hybridized carbons (Fsp3) is 0.290. The van der Waals surface area contributed by atoms with Gasteiger partial charge >= 0.3 is 8.16 Å². The van der Waals surface area contributed by atoms with Crippen LogP contribution in [0.4, 0.5) is 0 Å². The normalized spacial score (nSPS) is 15.6. The molecule has 1 heterocycles. The van der Waals surface area contributed by atoms with Gasteiger partial charge in [0.1, 0.15) is 11.2 Å². The molecule has 2 fully saturated rings. The van der Waals surface area contributed by atoms with Crippen molar-refractivity contribution >= 4 is 51.6 Å². The predicted octanol–water partition coefficient (Wildman–Crippen LogP) is 17.9. The first-order chi connectivity index (χ1) is 33.3. The minimum Gasteiger partial charge on any atom is -0.408 e. The number of hydrogen-bond acceptors (Lipinski definition) is 4. The van der Waals surface area contributed by atoms with Crippen LogP contribution in [-0.2, 0) is 0 Å². The lowest BCUT2D eigenvalue weighted by Crippen LogP contribution is -2.37. The van der Waals surface area contributed by atoms with E-state index in [9.17, 15) is 0 Å². The van der Waals surface area contributed by atoms with Gasteiger partial charge in [-0.3, -0.25) is 0 Å². The van der Waals surface area contributed by atoms with Crippen molar-refractivity contribution in [3.05, 3.63) is 216 Å². The average Bonchev–Trinajstić information content (AvgIpc) is 3.54. The zero-order valence-electron chi connectivity index (χ0n) is 38.9. The van der Waals surface area contributed by atoms with E-state index in [1.54, 1.807) is 0 Å². The molecular formula is C62H65N2O2P. The molecule has 0 aliphatic heterocycles. The van der Waals surface area contributed by atoms with Crippen LogP contribution in [0.25, 0.3) is 43.5 Å². The molecular weight excluding hydrogens is 836 g/mol. The highest BCUT2D eigenvalue weighted by Gasteiger charge is 2.34. The number of nitrogens with one attached hydrogen (secondary N) is 1. The summed E-state index contributed by atoms with van der Waals surface area (Å²) in [6.07, 6.45) is 18.2. The van der Waals surface area contributed by atoms with Crippen LogP contribution in [0.5, 0.6) is 0 Å². The van der Waals surface area contributed by atoms with Crippen LogP contribution in [0, 0.1) is 0 Å². The number of benzene rings is 8. The fourth-order valence-electron chi connectivity index (χ4n) is 10.9. The number of hydrogen-bond donors (Lipinski definition) is 1. The Morgan fingerprint density at radius 1 is 0.388 bits per heavy atom. The Kier molecular flexibility index (Phi) is 14.9. The number of rotatable bonds is 9. The van der Waals surface area contributed by atoms with E-state index in [0.29, 0.717) is 18.1 Å². The number of fused-ring (bicyclic) bond motifs is 7. The molecule has 0 amide bonds. The maximum atomic E-state index is 7.28. The van der Waals surface area contributed by atoms with Gasteiger partial charge in [0, 0.05) is 22.9 Å². The van der Waals surface area contributed by atoms with Crippen LogP contribution in [0.15, 0.2) is 203 Å². The average molecular weight is 901 g/mol. The molecule has 0 bridgehead atoms. The SMILES string of the molecule is c1ccc(C(NC2CCCCCCC2)c2ccccc2)cc1.c1ccc(C(c2ccccc2)N(C2CCCCCCC2)p2oc3ccc4ccccc4c3c3c(ccc4ccccc43)o2)cc1. The Bertz CT molecular complexity index is 2800. The maximum Gasteiger partial charge on any atom is 0.310 e. The van der Waals surface area contributed by atoms with Crippen molar-refractivity contribution in [1.82, 2.24) is 5.32 Å². The Morgan fingerprint density at radius 2 is 0.761 bits per heavy atom. The van der Waals surface area contributed by atoms with Crippen LogP contribution in [0.3, 0.4) is 0 Å². The van der Waals surface area contributed by atoms with Crippen molar-refractivity contribution < 1.29 is 8.39 Å². The molecule has 11 rings (SSSR count). The van der Waals surface area contributed by atoms with Crippen molar-refractivity contribution in [2.75, 3.05) is 4.67 Å². The molecule has 0 atom stereocenters. The van der Waals surface area contributed by atoms with Gasteiger partial charge in [0.2, 0.25) is 0 Å². The highest BCUT2D eigenvalue weighted by atomic mass is 31.1. The summed E-state index contributed by atoms with van der Waals surface area (Å²) in [6.45, 7) is 0. The first-order valence-electron chi connectivity index (χ1n) is 25.2. The van der Waals surface area contributed by atoms with Crippen LogP contribution in [0.1, 0.15) is 124 Å². The first kappa shape index (κ1) is 44.9. The van der Waals surface area contributed by atoms with Crippen molar-refractivity contribution in [2.45, 2.75) is 114 Å². The van der Waals surface area contributed by atoms with Gasteiger partial charge in [0.15, 0.2) is 0 Å². The number of nitrogens with zero attached hydrogens (tertiary/aromatic N) is 1. The molecule has 2 aliphatic rings. The summed E-state index contributed by atoms with van der Waals surface area (Å²) in [5, 5.41) is 11.0. The topological polar surface area (TPSA) is 41.5 Å². The predicted molar refractivity (Wildman–Crippen MR) is 284 cm³/mol. The second kappa shape index (κ2) is 22.3. The quantitative estimate of drug-likeness (QED) is 0.157. The van der Waals surface area contributed by atoms with Crippen LogP contribution < -0.4 is 9.99 Å². The lowest BCUT2D eigenvalue weighted by Gasteiger charge is -2.36. The summed E-state index contributed by atoms with van der Waals surface area (Å²) in [6, 6.07) is 71.0. The molecule has 2 saturated carbocycles. The van der Waals surface area contributed by atoms with E-state index in [-0.39, 0.29) is 6.04 Å². The van der Waals surface area contributed by atoms with Crippen LogP contribution in [-0.4, -0.2) is 12.1 Å². The second-order valence-corrected chi connectivity index (χ2v) is 20.1.